The van der Waals surface area contributed by atoms with Crippen molar-refractivity contribution in [1.82, 2.24) is 9.55 Å². The third-order valence-electron chi connectivity index (χ3n) is 5.53. The molecule has 0 unspecified atom stereocenters. The van der Waals surface area contributed by atoms with Gasteiger partial charge in [-0.3, -0.25) is 4.57 Å². The Morgan fingerprint density at radius 2 is 1.97 bits per heavy atom. The van der Waals surface area contributed by atoms with Crippen molar-refractivity contribution in [2.24, 2.45) is 0 Å². The number of nitrogens with one attached hydrogen (secondary N) is 1. The number of carbonyl (C=O) groups is 1. The molecule has 1 aliphatic rings. The molecule has 1 aromatic carbocycles. The number of halogens is 2. The molecule has 2 aromatic rings. The summed E-state index contributed by atoms with van der Waals surface area (Å²) in [4.78, 5) is 28.6. The number of hydrogen-bond acceptors (Lipinski definition) is 8. The van der Waals surface area contributed by atoms with E-state index in [-0.39, 0.29) is 31.3 Å². The van der Waals surface area contributed by atoms with Crippen LogP contribution >= 0.6 is 0 Å². The standard InChI is InChI=1S/C27H29F2N3O6/c1-5-11-19(6-2)16-36-26(34)38-23-21(7-3)37-24(27(23,28)29)32-15-14-22(31-25(32)33)30-18(4)35-17-20-12-9-8-10-13-20/h5-6,8-15,21,23-24H,1-2,4,7,16-17H2,3H3,(H,30,31,33)/b19-11+/t21-,23-,24-/m1/s1. The van der Waals surface area contributed by atoms with Crippen LogP contribution in [-0.2, 0) is 25.6 Å². The van der Waals surface area contributed by atoms with Crippen LogP contribution in [0.4, 0.5) is 19.4 Å². The third-order valence-corrected chi connectivity index (χ3v) is 5.53. The van der Waals surface area contributed by atoms with Crippen LogP contribution in [0.1, 0.15) is 25.1 Å². The van der Waals surface area contributed by atoms with Gasteiger partial charge >= 0.3 is 17.8 Å². The second-order valence-corrected chi connectivity index (χ2v) is 8.19. The van der Waals surface area contributed by atoms with Gasteiger partial charge in [0.15, 0.2) is 12.0 Å². The molecule has 1 aromatic heterocycles. The highest BCUT2D eigenvalue weighted by Gasteiger charge is 2.62. The van der Waals surface area contributed by atoms with Gasteiger partial charge in [0.2, 0.25) is 6.23 Å². The van der Waals surface area contributed by atoms with E-state index in [1.54, 1.807) is 13.0 Å². The van der Waals surface area contributed by atoms with Gasteiger partial charge < -0.3 is 24.3 Å². The number of nitrogens with zero attached hydrogens (tertiary/aromatic N) is 2. The summed E-state index contributed by atoms with van der Waals surface area (Å²) in [5.41, 5.74) is 0.384. The molecule has 1 fully saturated rings. The molecule has 38 heavy (non-hydrogen) atoms. The number of rotatable bonds is 12. The molecule has 11 heteroatoms. The molecule has 0 radical (unpaired) electrons. The number of hydrogen-bond donors (Lipinski definition) is 1. The number of aromatic nitrogens is 2. The molecule has 1 N–H and O–H groups in total. The van der Waals surface area contributed by atoms with E-state index in [2.05, 4.69) is 30.0 Å². The van der Waals surface area contributed by atoms with Crippen molar-refractivity contribution < 1.29 is 32.5 Å². The minimum atomic E-state index is -3.76. The normalized spacial score (nSPS) is 20.3. The van der Waals surface area contributed by atoms with Gasteiger partial charge in [-0.05, 0) is 30.2 Å². The van der Waals surface area contributed by atoms with E-state index in [1.165, 1.54) is 18.2 Å². The zero-order valence-electron chi connectivity index (χ0n) is 20.8. The highest BCUT2D eigenvalue weighted by molar-refractivity contribution is 5.61. The fourth-order valence-corrected chi connectivity index (χ4v) is 3.62. The van der Waals surface area contributed by atoms with E-state index in [1.807, 2.05) is 30.3 Å². The van der Waals surface area contributed by atoms with Crippen LogP contribution in [0, 0.1) is 0 Å². The lowest BCUT2D eigenvalue weighted by molar-refractivity contribution is -0.146. The highest BCUT2D eigenvalue weighted by atomic mass is 19.3. The topological polar surface area (TPSA) is 101 Å². The fraction of sp³-hybridized carbons (Fsp3) is 0.296. The summed E-state index contributed by atoms with van der Waals surface area (Å²) in [6.07, 6.45) is -0.935. The number of alkyl halides is 2. The maximum absolute atomic E-state index is 15.4. The van der Waals surface area contributed by atoms with Crippen LogP contribution in [0.15, 0.2) is 96.8 Å². The minimum absolute atomic E-state index is 0.0413. The minimum Gasteiger partial charge on any atom is -0.475 e. The van der Waals surface area contributed by atoms with Crippen LogP contribution in [0.2, 0.25) is 0 Å². The van der Waals surface area contributed by atoms with Gasteiger partial charge in [0, 0.05) is 6.20 Å². The maximum Gasteiger partial charge on any atom is 0.509 e. The number of allylic oxidation sites excluding steroid dienone is 2. The average molecular weight is 530 g/mol. The molecule has 3 rings (SSSR count). The maximum atomic E-state index is 15.4. The van der Waals surface area contributed by atoms with Crippen molar-refractivity contribution in [3.63, 3.8) is 0 Å². The predicted molar refractivity (Wildman–Crippen MR) is 136 cm³/mol. The highest BCUT2D eigenvalue weighted by Crippen LogP contribution is 2.45. The van der Waals surface area contributed by atoms with Gasteiger partial charge in [-0.2, -0.15) is 13.8 Å². The van der Waals surface area contributed by atoms with E-state index < -0.39 is 36.2 Å². The molecule has 2 heterocycles. The SMILES string of the molecule is C=C/C=C(\C=C)COC(=O)O[C@@H]1[C@@H](CC)O[C@@H](n2ccc(NC(=C)OCc3ccccc3)nc2=O)C1(F)F. The second kappa shape index (κ2) is 12.8. The van der Waals surface area contributed by atoms with Gasteiger partial charge in [0.1, 0.15) is 25.1 Å². The number of ether oxygens (including phenoxy) is 4. The van der Waals surface area contributed by atoms with Gasteiger partial charge in [0.05, 0.1) is 0 Å². The zero-order valence-corrected chi connectivity index (χ0v) is 20.8. The third kappa shape index (κ3) is 6.94. The summed E-state index contributed by atoms with van der Waals surface area (Å²) >= 11 is 0. The molecule has 0 saturated carbocycles. The van der Waals surface area contributed by atoms with Crippen LogP contribution in [0.25, 0.3) is 0 Å². The summed E-state index contributed by atoms with van der Waals surface area (Å²) in [7, 11) is 0. The van der Waals surface area contributed by atoms with Gasteiger partial charge in [0.25, 0.3) is 0 Å². The Morgan fingerprint density at radius 1 is 1.24 bits per heavy atom. The number of benzene rings is 1. The van der Waals surface area contributed by atoms with Crippen molar-refractivity contribution in [3.8, 4) is 0 Å². The molecule has 9 nitrogen and oxygen atoms in total. The second-order valence-electron chi connectivity index (χ2n) is 8.19. The Bertz CT molecular complexity index is 1240. The van der Waals surface area contributed by atoms with Crippen LogP contribution < -0.4 is 11.0 Å². The van der Waals surface area contributed by atoms with Gasteiger partial charge in [-0.15, -0.1) is 0 Å². The zero-order chi connectivity index (χ0) is 27.7. The molecular formula is C27H29F2N3O6. The van der Waals surface area contributed by atoms with Crippen molar-refractivity contribution >= 4 is 12.0 Å². The first kappa shape index (κ1) is 28.3. The van der Waals surface area contributed by atoms with Crippen molar-refractivity contribution in [1.29, 1.82) is 0 Å². The summed E-state index contributed by atoms with van der Waals surface area (Å²) < 4.78 is 52.1. The van der Waals surface area contributed by atoms with Crippen molar-refractivity contribution in [3.05, 3.63) is 108 Å². The van der Waals surface area contributed by atoms with Crippen LogP contribution in [0.3, 0.4) is 0 Å². The molecule has 1 aliphatic heterocycles. The Morgan fingerprint density at radius 3 is 2.61 bits per heavy atom. The van der Waals surface area contributed by atoms with E-state index in [9.17, 15) is 9.59 Å². The van der Waals surface area contributed by atoms with Gasteiger partial charge in [-0.1, -0.05) is 68.6 Å². The fourth-order valence-electron chi connectivity index (χ4n) is 3.62. The summed E-state index contributed by atoms with van der Waals surface area (Å²) in [5, 5.41) is 2.71. The first-order valence-electron chi connectivity index (χ1n) is 11.7. The molecule has 0 amide bonds. The Balaban J connectivity index is 1.67. The monoisotopic (exact) mass is 529 g/mol. The predicted octanol–water partition coefficient (Wildman–Crippen LogP) is 5.11. The average Bonchev–Trinajstić information content (AvgIpc) is 3.15. The van der Waals surface area contributed by atoms with E-state index in [4.69, 9.17) is 18.9 Å². The largest absolute Gasteiger partial charge is 0.509 e. The quantitative estimate of drug-likeness (QED) is 0.230. The Kier molecular flexibility index (Phi) is 9.55. The summed E-state index contributed by atoms with van der Waals surface area (Å²) in [5.74, 6) is -3.61. The lowest BCUT2D eigenvalue weighted by atomic mass is 10.1. The first-order valence-corrected chi connectivity index (χ1v) is 11.7. The molecule has 0 bridgehead atoms. The van der Waals surface area contributed by atoms with Crippen LogP contribution in [-0.4, -0.2) is 40.4 Å². The lowest BCUT2D eigenvalue weighted by Crippen LogP contribution is -2.44. The molecule has 1 saturated heterocycles. The Labute approximate surface area is 218 Å². The molecule has 202 valence electrons. The van der Waals surface area contributed by atoms with Crippen molar-refractivity contribution in [2.75, 3.05) is 11.9 Å². The van der Waals surface area contributed by atoms with Crippen molar-refractivity contribution in [2.45, 2.75) is 44.3 Å². The smallest absolute Gasteiger partial charge is 0.475 e. The lowest BCUT2D eigenvalue weighted by Gasteiger charge is -2.24. The number of carbonyl (C=O) groups excluding carboxylic acids is 1. The number of anilines is 1. The molecule has 0 spiro atoms. The van der Waals surface area contributed by atoms with E-state index in [0.29, 0.717) is 10.1 Å². The van der Waals surface area contributed by atoms with E-state index in [0.717, 1.165) is 11.8 Å². The molecule has 0 aliphatic carbocycles. The van der Waals surface area contributed by atoms with Gasteiger partial charge in [-0.25, -0.2) is 9.59 Å². The first-order chi connectivity index (χ1) is 18.2. The summed E-state index contributed by atoms with van der Waals surface area (Å²) in [6.45, 7) is 12.4. The van der Waals surface area contributed by atoms with Crippen LogP contribution in [0.5, 0.6) is 0 Å². The molecular weight excluding hydrogens is 500 g/mol. The van der Waals surface area contributed by atoms with E-state index >= 15 is 8.78 Å². The molecule has 3 atom stereocenters. The summed E-state index contributed by atoms with van der Waals surface area (Å²) in [6, 6.07) is 10.6. The Hall–Kier alpha value is -4.25.